The maximum absolute atomic E-state index is 11.1. The van der Waals surface area contributed by atoms with E-state index in [4.69, 9.17) is 10.7 Å². The number of hydrogen-bond acceptors (Lipinski definition) is 3. The molecule has 0 aromatic carbocycles. The van der Waals surface area contributed by atoms with Crippen LogP contribution in [0.25, 0.3) is 0 Å². The SMILES string of the molecule is O=C1CCCN1CCCS(=O)(=O)Cl. The Morgan fingerprint density at radius 1 is 1.46 bits per heavy atom. The molecule has 1 heterocycles. The van der Waals surface area contributed by atoms with Gasteiger partial charge in [0.25, 0.3) is 0 Å². The van der Waals surface area contributed by atoms with Crippen molar-refractivity contribution in [2.24, 2.45) is 0 Å². The molecule has 1 aliphatic heterocycles. The molecule has 6 heteroatoms. The van der Waals surface area contributed by atoms with Crippen LogP contribution >= 0.6 is 10.7 Å². The first-order chi connectivity index (χ1) is 5.99. The highest BCUT2D eigenvalue weighted by Gasteiger charge is 2.19. The Balaban J connectivity index is 2.23. The van der Waals surface area contributed by atoms with Crippen LogP contribution in [0.2, 0.25) is 0 Å². The third-order valence-corrected chi connectivity index (χ3v) is 3.23. The number of hydrogen-bond donors (Lipinski definition) is 0. The van der Waals surface area contributed by atoms with E-state index in [9.17, 15) is 13.2 Å². The number of halogens is 1. The van der Waals surface area contributed by atoms with Crippen LogP contribution in [0.4, 0.5) is 0 Å². The normalized spacial score (nSPS) is 18.2. The highest BCUT2D eigenvalue weighted by Crippen LogP contribution is 2.10. The molecule has 0 aliphatic carbocycles. The number of likely N-dealkylation sites (tertiary alicyclic amines) is 1. The Kier molecular flexibility index (Phi) is 3.55. The van der Waals surface area contributed by atoms with Crippen LogP contribution in [0.1, 0.15) is 19.3 Å². The zero-order valence-electron chi connectivity index (χ0n) is 7.20. The third kappa shape index (κ3) is 3.95. The molecule has 76 valence electrons. The molecule has 0 unspecified atom stereocenters. The van der Waals surface area contributed by atoms with E-state index in [2.05, 4.69) is 0 Å². The lowest BCUT2D eigenvalue weighted by Crippen LogP contribution is -2.26. The minimum absolute atomic E-state index is 0.0572. The fraction of sp³-hybridized carbons (Fsp3) is 0.857. The quantitative estimate of drug-likeness (QED) is 0.658. The molecule has 0 saturated carbocycles. The van der Waals surface area contributed by atoms with Crippen molar-refractivity contribution in [3.8, 4) is 0 Å². The van der Waals surface area contributed by atoms with E-state index >= 15 is 0 Å². The number of amides is 1. The van der Waals surface area contributed by atoms with Gasteiger partial charge in [-0.05, 0) is 12.8 Å². The number of carbonyl (C=O) groups excluding carboxylic acids is 1. The van der Waals surface area contributed by atoms with Gasteiger partial charge >= 0.3 is 0 Å². The Morgan fingerprint density at radius 3 is 2.62 bits per heavy atom. The zero-order chi connectivity index (χ0) is 9.90. The first kappa shape index (κ1) is 10.8. The summed E-state index contributed by atoms with van der Waals surface area (Å²) in [5.74, 6) is 0.0604. The average molecular weight is 226 g/mol. The molecule has 0 bridgehead atoms. The van der Waals surface area contributed by atoms with Crippen molar-refractivity contribution in [1.82, 2.24) is 4.90 Å². The summed E-state index contributed by atoms with van der Waals surface area (Å²) in [6.45, 7) is 1.26. The topological polar surface area (TPSA) is 54.5 Å². The van der Waals surface area contributed by atoms with Crippen molar-refractivity contribution in [2.75, 3.05) is 18.8 Å². The number of carbonyl (C=O) groups is 1. The van der Waals surface area contributed by atoms with Gasteiger partial charge in [0, 0.05) is 30.2 Å². The van der Waals surface area contributed by atoms with E-state index in [1.807, 2.05) is 0 Å². The van der Waals surface area contributed by atoms with E-state index in [0.29, 0.717) is 19.4 Å². The Labute approximate surface area is 82.3 Å². The van der Waals surface area contributed by atoms with Crippen LogP contribution in [0.15, 0.2) is 0 Å². The lowest BCUT2D eigenvalue weighted by Gasteiger charge is -2.13. The summed E-state index contributed by atoms with van der Waals surface area (Å²) >= 11 is 0. The van der Waals surface area contributed by atoms with E-state index in [1.165, 1.54) is 0 Å². The van der Waals surface area contributed by atoms with Gasteiger partial charge in [0.15, 0.2) is 0 Å². The summed E-state index contributed by atoms with van der Waals surface area (Å²) in [4.78, 5) is 12.8. The molecule has 4 nitrogen and oxygen atoms in total. The van der Waals surface area contributed by atoms with Gasteiger partial charge in [-0.15, -0.1) is 0 Å². The maximum atomic E-state index is 11.1. The van der Waals surface area contributed by atoms with Crippen molar-refractivity contribution in [2.45, 2.75) is 19.3 Å². The first-order valence-electron chi connectivity index (χ1n) is 4.19. The van der Waals surface area contributed by atoms with Gasteiger partial charge in [0.2, 0.25) is 15.0 Å². The summed E-state index contributed by atoms with van der Waals surface area (Å²) in [5.41, 5.74) is 0. The second kappa shape index (κ2) is 4.28. The van der Waals surface area contributed by atoms with Crippen molar-refractivity contribution in [1.29, 1.82) is 0 Å². The zero-order valence-corrected chi connectivity index (χ0v) is 8.77. The Hall–Kier alpha value is -0.290. The van der Waals surface area contributed by atoms with Crippen molar-refractivity contribution < 1.29 is 13.2 Å². The smallest absolute Gasteiger partial charge is 0.232 e. The van der Waals surface area contributed by atoms with Gasteiger partial charge in [-0.25, -0.2) is 8.42 Å². The molecule has 0 N–H and O–H groups in total. The largest absolute Gasteiger partial charge is 0.343 e. The van der Waals surface area contributed by atoms with Gasteiger partial charge in [0.1, 0.15) is 0 Å². The predicted molar refractivity (Wildman–Crippen MR) is 50.1 cm³/mol. The Morgan fingerprint density at radius 2 is 2.15 bits per heavy atom. The van der Waals surface area contributed by atoms with Gasteiger partial charge in [-0.2, -0.15) is 0 Å². The molecular weight excluding hydrogens is 214 g/mol. The Bertz CT molecular complexity index is 288. The molecule has 0 aromatic rings. The third-order valence-electron chi connectivity index (χ3n) is 1.99. The number of rotatable bonds is 4. The van der Waals surface area contributed by atoms with E-state index in [0.717, 1.165) is 13.0 Å². The minimum Gasteiger partial charge on any atom is -0.343 e. The van der Waals surface area contributed by atoms with Crippen LogP contribution in [0, 0.1) is 0 Å². The van der Waals surface area contributed by atoms with E-state index in [-0.39, 0.29) is 11.7 Å². The molecule has 1 amide bonds. The van der Waals surface area contributed by atoms with Crippen LogP contribution in [0.5, 0.6) is 0 Å². The van der Waals surface area contributed by atoms with Gasteiger partial charge < -0.3 is 4.90 Å². The second-order valence-electron chi connectivity index (χ2n) is 3.08. The lowest BCUT2D eigenvalue weighted by molar-refractivity contribution is -0.127. The van der Waals surface area contributed by atoms with Crippen molar-refractivity contribution in [3.05, 3.63) is 0 Å². The van der Waals surface area contributed by atoms with E-state index in [1.54, 1.807) is 4.90 Å². The molecule has 0 radical (unpaired) electrons. The fourth-order valence-corrected chi connectivity index (χ4v) is 2.17. The van der Waals surface area contributed by atoms with Crippen LogP contribution in [0.3, 0.4) is 0 Å². The van der Waals surface area contributed by atoms with Gasteiger partial charge in [0.05, 0.1) is 5.75 Å². The molecule has 13 heavy (non-hydrogen) atoms. The number of nitrogens with zero attached hydrogens (tertiary/aromatic N) is 1. The lowest BCUT2D eigenvalue weighted by atomic mass is 10.4. The average Bonchev–Trinajstić information content (AvgIpc) is 2.34. The molecule has 1 aliphatic rings. The summed E-state index contributed by atoms with van der Waals surface area (Å²) < 4.78 is 21.1. The first-order valence-corrected chi connectivity index (χ1v) is 6.67. The predicted octanol–water partition coefficient (Wildman–Crippen LogP) is 0.568. The fourth-order valence-electron chi connectivity index (χ4n) is 1.37. The van der Waals surface area contributed by atoms with Crippen LogP contribution in [-0.4, -0.2) is 38.1 Å². The second-order valence-corrected chi connectivity index (χ2v) is 5.98. The summed E-state index contributed by atoms with van der Waals surface area (Å²) in [6.07, 6.45) is 1.90. The monoisotopic (exact) mass is 225 g/mol. The van der Waals surface area contributed by atoms with Crippen molar-refractivity contribution >= 4 is 25.6 Å². The highest BCUT2D eigenvalue weighted by atomic mass is 35.7. The summed E-state index contributed by atoms with van der Waals surface area (Å²) in [7, 11) is 1.62. The van der Waals surface area contributed by atoms with E-state index < -0.39 is 9.05 Å². The molecule has 1 fully saturated rings. The molecule has 0 spiro atoms. The van der Waals surface area contributed by atoms with Gasteiger partial charge in [-0.3, -0.25) is 4.79 Å². The van der Waals surface area contributed by atoms with Crippen LogP contribution < -0.4 is 0 Å². The summed E-state index contributed by atoms with van der Waals surface area (Å²) in [6, 6.07) is 0. The molecule has 1 rings (SSSR count). The minimum atomic E-state index is -3.40. The van der Waals surface area contributed by atoms with Crippen molar-refractivity contribution in [3.63, 3.8) is 0 Å². The van der Waals surface area contributed by atoms with Gasteiger partial charge in [-0.1, -0.05) is 0 Å². The molecule has 0 aromatic heterocycles. The maximum Gasteiger partial charge on any atom is 0.232 e. The standard InChI is InChI=1S/C7H12ClNO3S/c8-13(11,12)6-2-5-9-4-1-3-7(9)10/h1-6H2. The van der Waals surface area contributed by atoms with Crippen LogP contribution in [-0.2, 0) is 13.8 Å². The highest BCUT2D eigenvalue weighted by molar-refractivity contribution is 8.13. The molecular formula is C7H12ClNO3S. The molecule has 1 saturated heterocycles. The summed E-state index contributed by atoms with van der Waals surface area (Å²) in [5, 5.41) is 0. The molecule has 0 atom stereocenters.